The Bertz CT molecular complexity index is 1320. The van der Waals surface area contributed by atoms with Gasteiger partial charge >= 0.3 is 13.5 Å². The number of ether oxygens (including phenoxy) is 3. The van der Waals surface area contributed by atoms with E-state index >= 15 is 4.39 Å². The highest BCUT2D eigenvalue weighted by Crippen LogP contribution is 2.57. The van der Waals surface area contributed by atoms with E-state index in [2.05, 4.69) is 4.98 Å². The molecule has 0 spiro atoms. The maximum absolute atomic E-state index is 16.8. The first-order chi connectivity index (χ1) is 20.2. The number of nitrogens with zero attached hydrogens (tertiary/aromatic N) is 1. The lowest BCUT2D eigenvalue weighted by molar-refractivity contribution is -0.251. The van der Waals surface area contributed by atoms with Crippen LogP contribution in [0.15, 0.2) is 21.9 Å². The van der Waals surface area contributed by atoms with E-state index in [1.807, 2.05) is 0 Å². The molecule has 2 fully saturated rings. The molecule has 17 heteroatoms. The van der Waals surface area contributed by atoms with Crippen molar-refractivity contribution in [2.24, 2.45) is 10.8 Å². The largest absolute Gasteiger partial charge is 0.474 e. The molecule has 0 bridgehead atoms. The quantitative estimate of drug-likeness (QED) is 0.234. The van der Waals surface area contributed by atoms with Crippen molar-refractivity contribution in [2.75, 3.05) is 38.4 Å². The summed E-state index contributed by atoms with van der Waals surface area (Å²) in [6, 6.07) is 0.144. The summed E-state index contributed by atoms with van der Waals surface area (Å²) in [6.07, 6.45) is -0.506. The standard InChI is InChI=1S/C27H42FN2O11PS2/c1-24(2,3)20(32)43-13-11-37-42(35,38-12-14-44-21(33)25(4,5)6)39-16-27(28)15-17(30-10-9-18(31)29-22(30)34)26(7)19(27)40-23(36-8)41-26/h9-10,17,19,23H,11-16H2,1-8H3,(H,29,31,34)/t17-,19+,23?,26+,27+/m1/s1. The van der Waals surface area contributed by atoms with Crippen LogP contribution in [0, 0.1) is 10.8 Å². The molecule has 0 aromatic carbocycles. The summed E-state index contributed by atoms with van der Waals surface area (Å²) < 4.78 is 64.9. The molecule has 0 amide bonds. The first-order valence-electron chi connectivity index (χ1n) is 14.0. The van der Waals surface area contributed by atoms with E-state index in [4.69, 9.17) is 27.8 Å². The molecule has 3 rings (SSSR count). The predicted octanol–water partition coefficient (Wildman–Crippen LogP) is 4.06. The number of halogens is 1. The second-order valence-corrected chi connectivity index (χ2v) is 16.6. The number of carbonyl (C=O) groups excluding carboxylic acids is 2. The lowest BCUT2D eigenvalue weighted by Gasteiger charge is -2.30. The van der Waals surface area contributed by atoms with Crippen LogP contribution in [0.5, 0.6) is 0 Å². The minimum Gasteiger partial charge on any atom is -0.333 e. The number of aromatic amines is 1. The molecule has 1 aromatic rings. The molecule has 1 saturated heterocycles. The highest BCUT2D eigenvalue weighted by atomic mass is 32.2. The minimum atomic E-state index is -4.44. The number of methoxy groups -OCH3 is 1. The van der Waals surface area contributed by atoms with Crippen molar-refractivity contribution in [3.8, 4) is 0 Å². The third kappa shape index (κ3) is 8.91. The van der Waals surface area contributed by atoms with E-state index in [0.29, 0.717) is 0 Å². The molecule has 13 nitrogen and oxygen atoms in total. The number of hydrogen-bond donors (Lipinski definition) is 1. The molecule has 0 radical (unpaired) electrons. The van der Waals surface area contributed by atoms with Gasteiger partial charge in [-0.3, -0.25) is 37.5 Å². The average Bonchev–Trinajstić information content (AvgIpc) is 3.38. The maximum Gasteiger partial charge on any atom is 0.474 e. The van der Waals surface area contributed by atoms with E-state index in [1.54, 1.807) is 48.5 Å². The van der Waals surface area contributed by atoms with Crippen molar-refractivity contribution in [3.05, 3.63) is 33.1 Å². The topological polar surface area (TPSA) is 161 Å². The first kappa shape index (κ1) is 37.1. The molecular formula is C27H42FN2O11PS2. The van der Waals surface area contributed by atoms with Crippen molar-refractivity contribution in [1.29, 1.82) is 0 Å². The molecule has 250 valence electrons. The van der Waals surface area contributed by atoms with Crippen LogP contribution in [-0.4, -0.2) is 82.1 Å². The Labute approximate surface area is 264 Å². The highest BCUT2D eigenvalue weighted by molar-refractivity contribution is 8.14. The van der Waals surface area contributed by atoms with Gasteiger partial charge in [-0.15, -0.1) is 0 Å². The SMILES string of the molecule is COC1O[C@@H]2[C@@](F)(COP(=O)(OCCSC(=O)C(C)(C)C)OCCSC(=O)C(C)(C)C)C[C@@H](n3ccc(=O)[nH]c3=O)[C@]2(C)O1. The maximum atomic E-state index is 16.8. The number of carbonyl (C=O) groups is 2. The normalized spacial score (nSPS) is 27.4. The molecule has 1 unspecified atom stereocenters. The fourth-order valence-corrected chi connectivity index (χ4v) is 7.69. The van der Waals surface area contributed by atoms with Crippen LogP contribution in [0.4, 0.5) is 4.39 Å². The minimum absolute atomic E-state index is 0.0996. The summed E-state index contributed by atoms with van der Waals surface area (Å²) in [7, 11) is -3.14. The fraction of sp³-hybridized carbons (Fsp3) is 0.778. The average molecular weight is 685 g/mol. The lowest BCUT2D eigenvalue weighted by atomic mass is 9.95. The number of fused-ring (bicyclic) bond motifs is 1. The van der Waals surface area contributed by atoms with E-state index in [0.717, 1.165) is 34.2 Å². The van der Waals surface area contributed by atoms with Gasteiger partial charge in [0.15, 0.2) is 15.9 Å². The molecule has 44 heavy (non-hydrogen) atoms. The second-order valence-electron chi connectivity index (χ2n) is 12.8. The number of H-pyrrole nitrogens is 1. The van der Waals surface area contributed by atoms with Gasteiger partial charge in [0, 0.05) is 48.1 Å². The van der Waals surface area contributed by atoms with Gasteiger partial charge in [-0.05, 0) is 6.92 Å². The van der Waals surface area contributed by atoms with Gasteiger partial charge in [0.05, 0.1) is 25.9 Å². The summed E-state index contributed by atoms with van der Waals surface area (Å²) in [6.45, 7) is 9.62. The van der Waals surface area contributed by atoms with E-state index in [-0.39, 0.29) is 41.4 Å². The number of nitrogens with one attached hydrogen (secondary N) is 1. The molecule has 1 aliphatic carbocycles. The molecular weight excluding hydrogens is 642 g/mol. The van der Waals surface area contributed by atoms with Crippen LogP contribution in [0.1, 0.15) is 60.9 Å². The fourth-order valence-electron chi connectivity index (χ4n) is 4.65. The Morgan fingerprint density at radius 1 is 1.07 bits per heavy atom. The van der Waals surface area contributed by atoms with E-state index in [9.17, 15) is 23.7 Å². The Kier molecular flexibility index (Phi) is 12.0. The molecule has 2 heterocycles. The van der Waals surface area contributed by atoms with Crippen molar-refractivity contribution in [2.45, 2.75) is 84.8 Å². The van der Waals surface area contributed by atoms with Gasteiger partial charge in [-0.1, -0.05) is 65.1 Å². The third-order valence-corrected chi connectivity index (χ3v) is 10.9. The van der Waals surface area contributed by atoms with Gasteiger partial charge in [-0.25, -0.2) is 13.8 Å². The lowest BCUT2D eigenvalue weighted by Crippen LogP contribution is -2.48. The van der Waals surface area contributed by atoms with Crippen molar-refractivity contribution >= 4 is 41.6 Å². The zero-order chi connectivity index (χ0) is 33.1. The number of thioether (sulfide) groups is 2. The zero-order valence-electron chi connectivity index (χ0n) is 26.2. The predicted molar refractivity (Wildman–Crippen MR) is 163 cm³/mol. The Hall–Kier alpha value is -1.36. The highest BCUT2D eigenvalue weighted by Gasteiger charge is 2.69. The number of phosphoric acid groups is 1. The van der Waals surface area contributed by atoms with Crippen LogP contribution in [0.2, 0.25) is 0 Å². The summed E-state index contributed by atoms with van der Waals surface area (Å²) in [5.41, 5.74) is -6.44. The number of phosphoric ester groups is 1. The Morgan fingerprint density at radius 2 is 1.61 bits per heavy atom. The second kappa shape index (κ2) is 14.2. The Morgan fingerprint density at radius 3 is 2.09 bits per heavy atom. The van der Waals surface area contributed by atoms with Crippen molar-refractivity contribution < 1.29 is 46.3 Å². The third-order valence-electron chi connectivity index (χ3n) is 6.98. The van der Waals surface area contributed by atoms with Crippen LogP contribution in [-0.2, 0) is 41.9 Å². The summed E-state index contributed by atoms with van der Waals surface area (Å²) in [4.78, 5) is 51.0. The van der Waals surface area contributed by atoms with Crippen LogP contribution in [0.25, 0.3) is 0 Å². The molecule has 1 aromatic heterocycles. The molecule has 1 saturated carbocycles. The number of aromatic nitrogens is 2. The van der Waals surface area contributed by atoms with Crippen LogP contribution < -0.4 is 11.2 Å². The zero-order valence-corrected chi connectivity index (χ0v) is 28.7. The van der Waals surface area contributed by atoms with Crippen molar-refractivity contribution in [1.82, 2.24) is 9.55 Å². The van der Waals surface area contributed by atoms with Gasteiger partial charge in [0.25, 0.3) is 12.0 Å². The van der Waals surface area contributed by atoms with Crippen LogP contribution >= 0.6 is 31.3 Å². The first-order valence-corrected chi connectivity index (χ1v) is 17.4. The molecule has 1 N–H and O–H groups in total. The number of rotatable bonds is 13. The summed E-state index contributed by atoms with van der Waals surface area (Å²) in [5.74, 6) is 0.268. The summed E-state index contributed by atoms with van der Waals surface area (Å²) >= 11 is 1.98. The number of hydrogen-bond acceptors (Lipinski definition) is 13. The molecule has 5 atom stereocenters. The van der Waals surface area contributed by atoms with E-state index < -0.39 is 66.4 Å². The summed E-state index contributed by atoms with van der Waals surface area (Å²) in [5, 5.41) is -0.199. The van der Waals surface area contributed by atoms with Gasteiger partial charge in [-0.2, -0.15) is 0 Å². The molecule has 1 aliphatic heterocycles. The van der Waals surface area contributed by atoms with Crippen LogP contribution in [0.3, 0.4) is 0 Å². The Balaban J connectivity index is 1.78. The van der Waals surface area contributed by atoms with Gasteiger partial charge < -0.3 is 14.2 Å². The van der Waals surface area contributed by atoms with Gasteiger partial charge in [0.1, 0.15) is 11.7 Å². The monoisotopic (exact) mass is 684 g/mol. The number of alkyl halides is 1. The van der Waals surface area contributed by atoms with E-state index in [1.165, 1.54) is 13.3 Å². The van der Waals surface area contributed by atoms with Gasteiger partial charge in [0.2, 0.25) is 0 Å². The smallest absolute Gasteiger partial charge is 0.333 e. The molecule has 2 aliphatic rings. The van der Waals surface area contributed by atoms with Crippen molar-refractivity contribution in [3.63, 3.8) is 0 Å².